The summed E-state index contributed by atoms with van der Waals surface area (Å²) in [6.07, 6.45) is 3.00. The Morgan fingerprint density at radius 3 is 2.71 bits per heavy atom. The molecule has 1 N–H and O–H groups in total. The van der Waals surface area contributed by atoms with Gasteiger partial charge in [0.1, 0.15) is 0 Å². The van der Waals surface area contributed by atoms with E-state index >= 15 is 0 Å². The van der Waals surface area contributed by atoms with Crippen LogP contribution in [0.3, 0.4) is 0 Å². The molecule has 0 aliphatic heterocycles. The van der Waals surface area contributed by atoms with Crippen LogP contribution in [0.4, 0.5) is 0 Å². The van der Waals surface area contributed by atoms with Crippen molar-refractivity contribution in [1.29, 1.82) is 0 Å². The lowest BCUT2D eigenvalue weighted by Crippen LogP contribution is -2.45. The van der Waals surface area contributed by atoms with Crippen molar-refractivity contribution < 1.29 is 17.7 Å². The van der Waals surface area contributed by atoms with Gasteiger partial charge in [0.2, 0.25) is 5.91 Å². The molecule has 0 bridgehead atoms. The van der Waals surface area contributed by atoms with Crippen molar-refractivity contribution in [2.75, 3.05) is 0 Å². The van der Waals surface area contributed by atoms with E-state index in [4.69, 9.17) is 4.18 Å². The summed E-state index contributed by atoms with van der Waals surface area (Å²) in [7, 11) is 0. The number of rotatable bonds is 3. The maximum Gasteiger partial charge on any atom is 0.217 e. The van der Waals surface area contributed by atoms with Crippen molar-refractivity contribution in [3.8, 4) is 0 Å². The van der Waals surface area contributed by atoms with Gasteiger partial charge in [-0.3, -0.25) is 8.98 Å². The molecule has 0 aromatic carbocycles. The van der Waals surface area contributed by atoms with Crippen molar-refractivity contribution >= 4 is 17.3 Å². The van der Waals surface area contributed by atoms with E-state index in [0.717, 1.165) is 19.3 Å². The molecule has 1 fully saturated rings. The molecule has 1 aliphatic rings. The molecule has 5 nitrogen and oxygen atoms in total. The summed E-state index contributed by atoms with van der Waals surface area (Å²) in [4.78, 5) is 10.8. The monoisotopic (exact) mass is 220 g/mol. The normalized spacial score (nSPS) is 29.6. The van der Waals surface area contributed by atoms with E-state index in [1.54, 1.807) is 0 Å². The largest absolute Gasteiger partial charge is 0.750 e. The Morgan fingerprint density at radius 1 is 1.50 bits per heavy atom. The fourth-order valence-corrected chi connectivity index (χ4v) is 2.17. The zero-order chi connectivity index (χ0) is 10.6. The molecule has 3 atom stereocenters. The van der Waals surface area contributed by atoms with E-state index in [-0.39, 0.29) is 11.9 Å². The molecule has 0 heterocycles. The number of nitrogens with one attached hydrogen (secondary N) is 1. The van der Waals surface area contributed by atoms with Gasteiger partial charge in [-0.2, -0.15) is 0 Å². The van der Waals surface area contributed by atoms with Crippen LogP contribution in [0.25, 0.3) is 0 Å². The quantitative estimate of drug-likeness (QED) is 0.691. The van der Waals surface area contributed by atoms with Crippen molar-refractivity contribution in [3.63, 3.8) is 0 Å². The summed E-state index contributed by atoms with van der Waals surface area (Å²) < 4.78 is 25.4. The Morgan fingerprint density at radius 2 is 2.14 bits per heavy atom. The smallest absolute Gasteiger partial charge is 0.217 e. The van der Waals surface area contributed by atoms with E-state index in [1.807, 2.05) is 0 Å². The van der Waals surface area contributed by atoms with Gasteiger partial charge in [-0.1, -0.05) is 12.8 Å². The third-order valence-electron chi connectivity index (χ3n) is 2.29. The number of hydrogen-bond acceptors (Lipinski definition) is 4. The van der Waals surface area contributed by atoms with Gasteiger partial charge in [0.15, 0.2) is 0 Å². The first kappa shape index (κ1) is 11.6. The summed E-state index contributed by atoms with van der Waals surface area (Å²) in [5.74, 6) is -0.151. The van der Waals surface area contributed by atoms with Gasteiger partial charge in [-0.05, 0) is 12.8 Å². The van der Waals surface area contributed by atoms with Crippen molar-refractivity contribution in [2.24, 2.45) is 0 Å². The predicted octanol–water partition coefficient (Wildman–Crippen LogP) is 0.244. The second-order valence-electron chi connectivity index (χ2n) is 3.43. The lowest BCUT2D eigenvalue weighted by atomic mass is 9.92. The molecule has 6 heteroatoms. The highest BCUT2D eigenvalue weighted by atomic mass is 32.2. The van der Waals surface area contributed by atoms with Crippen molar-refractivity contribution in [3.05, 3.63) is 0 Å². The first-order chi connectivity index (χ1) is 6.59. The van der Waals surface area contributed by atoms with E-state index < -0.39 is 17.5 Å². The molecular formula is C8H14NO4S-. The first-order valence-electron chi connectivity index (χ1n) is 4.63. The molecule has 0 saturated heterocycles. The van der Waals surface area contributed by atoms with Gasteiger partial charge >= 0.3 is 0 Å². The topological polar surface area (TPSA) is 78.5 Å². The summed E-state index contributed by atoms with van der Waals surface area (Å²) in [5, 5.41) is 2.70. The minimum atomic E-state index is -2.50. The molecule has 1 amide bonds. The third kappa shape index (κ3) is 3.73. The van der Waals surface area contributed by atoms with Crippen LogP contribution in [0.2, 0.25) is 0 Å². The minimum absolute atomic E-state index is 0.151. The number of amides is 1. The van der Waals surface area contributed by atoms with Crippen molar-refractivity contribution in [1.82, 2.24) is 5.32 Å². The minimum Gasteiger partial charge on any atom is -0.750 e. The van der Waals surface area contributed by atoms with E-state index in [1.165, 1.54) is 6.92 Å². The summed E-state index contributed by atoms with van der Waals surface area (Å²) in [6, 6.07) is -0.167. The van der Waals surface area contributed by atoms with E-state index in [2.05, 4.69) is 5.32 Å². The standard InChI is InChI=1S/C8H15NO4S/c1-6(10)9-7-4-2-3-5-8(7)13-14(11)12/h7-8H,2-5H2,1H3,(H,9,10)(H,11,12)/p-1. The van der Waals surface area contributed by atoms with Gasteiger partial charge in [0.05, 0.1) is 23.5 Å². The van der Waals surface area contributed by atoms with Gasteiger partial charge in [-0.15, -0.1) is 0 Å². The van der Waals surface area contributed by atoms with Crippen LogP contribution in [-0.2, 0) is 20.3 Å². The van der Waals surface area contributed by atoms with E-state index in [0.29, 0.717) is 6.42 Å². The van der Waals surface area contributed by atoms with Gasteiger partial charge in [-0.25, -0.2) is 4.21 Å². The van der Waals surface area contributed by atoms with Crippen LogP contribution in [0.1, 0.15) is 32.6 Å². The molecule has 3 unspecified atom stereocenters. The highest BCUT2D eigenvalue weighted by molar-refractivity contribution is 7.74. The lowest BCUT2D eigenvalue weighted by Gasteiger charge is -2.31. The average molecular weight is 220 g/mol. The molecule has 14 heavy (non-hydrogen) atoms. The molecule has 1 aliphatic carbocycles. The Kier molecular flexibility index (Phi) is 4.50. The summed E-state index contributed by atoms with van der Waals surface area (Å²) in [5.41, 5.74) is 0. The average Bonchev–Trinajstić information content (AvgIpc) is 2.06. The summed E-state index contributed by atoms with van der Waals surface area (Å²) >= 11 is -2.50. The highest BCUT2D eigenvalue weighted by Gasteiger charge is 2.26. The van der Waals surface area contributed by atoms with Crippen LogP contribution < -0.4 is 5.32 Å². The van der Waals surface area contributed by atoms with Gasteiger partial charge in [0, 0.05) is 6.92 Å². The Bertz CT molecular complexity index is 209. The lowest BCUT2D eigenvalue weighted by molar-refractivity contribution is -0.120. The fraction of sp³-hybridized carbons (Fsp3) is 0.875. The van der Waals surface area contributed by atoms with Crippen LogP contribution in [0, 0.1) is 0 Å². The molecule has 0 aromatic rings. The maximum atomic E-state index is 10.8. The highest BCUT2D eigenvalue weighted by Crippen LogP contribution is 2.21. The molecular weight excluding hydrogens is 206 g/mol. The Labute approximate surface area is 85.7 Å². The van der Waals surface area contributed by atoms with Gasteiger partial charge in [0.25, 0.3) is 0 Å². The molecule has 0 spiro atoms. The fourth-order valence-electron chi connectivity index (χ4n) is 1.74. The predicted molar refractivity (Wildman–Crippen MR) is 49.9 cm³/mol. The van der Waals surface area contributed by atoms with Crippen LogP contribution in [-0.4, -0.2) is 26.8 Å². The maximum absolute atomic E-state index is 10.8. The molecule has 1 rings (SSSR count). The molecule has 82 valence electrons. The first-order valence-corrected chi connectivity index (χ1v) is 5.63. The second-order valence-corrected chi connectivity index (χ2v) is 4.03. The van der Waals surface area contributed by atoms with Crippen LogP contribution in [0.15, 0.2) is 0 Å². The number of hydrogen-bond donors (Lipinski definition) is 1. The Balaban J connectivity index is 2.49. The van der Waals surface area contributed by atoms with E-state index in [9.17, 15) is 13.6 Å². The zero-order valence-electron chi connectivity index (χ0n) is 8.02. The number of carbonyl (C=O) groups excluding carboxylic acids is 1. The summed E-state index contributed by atoms with van der Waals surface area (Å²) in [6.45, 7) is 1.42. The molecule has 0 aromatic heterocycles. The second kappa shape index (κ2) is 5.43. The zero-order valence-corrected chi connectivity index (χ0v) is 8.84. The Hall–Kier alpha value is -0.460. The number of carbonyl (C=O) groups is 1. The van der Waals surface area contributed by atoms with Crippen LogP contribution in [0.5, 0.6) is 0 Å². The molecule has 1 saturated carbocycles. The van der Waals surface area contributed by atoms with Crippen molar-refractivity contribution in [2.45, 2.75) is 44.8 Å². The SMILES string of the molecule is CC(=O)NC1CCCCC1OS(=O)[O-]. The molecule has 0 radical (unpaired) electrons. The third-order valence-corrected chi connectivity index (χ3v) is 2.70. The van der Waals surface area contributed by atoms with Crippen LogP contribution >= 0.6 is 0 Å². The van der Waals surface area contributed by atoms with Gasteiger partial charge < -0.3 is 9.87 Å².